The van der Waals surface area contributed by atoms with Crippen LogP contribution in [0.2, 0.25) is 0 Å². The van der Waals surface area contributed by atoms with Crippen LogP contribution in [0.1, 0.15) is 49.7 Å². The third kappa shape index (κ3) is 1.93. The topological polar surface area (TPSA) is 0 Å². The third-order valence-corrected chi connectivity index (χ3v) is 3.10. The van der Waals surface area contributed by atoms with Crippen molar-refractivity contribution < 1.29 is 0 Å². The van der Waals surface area contributed by atoms with Gasteiger partial charge in [-0.05, 0) is 36.3 Å². The Hall–Kier alpha value is -0.780. The summed E-state index contributed by atoms with van der Waals surface area (Å²) in [5.74, 6) is 0.853. The molecule has 0 heterocycles. The second-order valence-electron chi connectivity index (χ2n) is 3.94. The highest BCUT2D eigenvalue weighted by molar-refractivity contribution is 5.29. The number of rotatable bonds is 2. The molecule has 0 atom stereocenters. The van der Waals surface area contributed by atoms with E-state index in [0.29, 0.717) is 0 Å². The van der Waals surface area contributed by atoms with Crippen LogP contribution in [0, 0.1) is 6.42 Å². The van der Waals surface area contributed by atoms with E-state index in [0.717, 1.165) is 5.92 Å². The first-order chi connectivity index (χ1) is 6.40. The van der Waals surface area contributed by atoms with Crippen molar-refractivity contribution in [3.8, 4) is 0 Å². The summed E-state index contributed by atoms with van der Waals surface area (Å²) in [6.45, 7) is 2.09. The van der Waals surface area contributed by atoms with E-state index in [1.807, 2.05) is 0 Å². The first-order valence-corrected chi connectivity index (χ1v) is 5.29. The smallest absolute Gasteiger partial charge is 0.0124 e. The normalized spacial score (nSPS) is 17.9. The maximum atomic E-state index is 2.30. The molecule has 2 rings (SSSR count). The number of hydrogen-bond acceptors (Lipinski definition) is 0. The van der Waals surface area contributed by atoms with Crippen molar-refractivity contribution in [2.75, 3.05) is 0 Å². The molecular formula is C13H17. The molecule has 0 amide bonds. The summed E-state index contributed by atoms with van der Waals surface area (Å²) in [7, 11) is 0. The highest BCUT2D eigenvalue weighted by Crippen LogP contribution is 2.33. The van der Waals surface area contributed by atoms with Crippen molar-refractivity contribution in [3.63, 3.8) is 0 Å². The molecule has 0 bridgehead atoms. The lowest BCUT2D eigenvalue weighted by Crippen LogP contribution is -1.91. The Bertz CT molecular complexity index is 252. The largest absolute Gasteiger partial charge is 0.0585 e. The fourth-order valence-electron chi connectivity index (χ4n) is 2.22. The Balaban J connectivity index is 2.12. The highest BCUT2D eigenvalue weighted by Gasteiger charge is 2.16. The standard InChI is InChI=1S/C13H17/c1-2-11-7-9-13(10-8-11)12-5-3-4-6-12/h2,7-10,12H,3-6H2,1H3. The van der Waals surface area contributed by atoms with Gasteiger partial charge in [-0.15, -0.1) is 0 Å². The van der Waals surface area contributed by atoms with Crippen molar-refractivity contribution >= 4 is 0 Å². The second-order valence-corrected chi connectivity index (χ2v) is 3.94. The molecule has 0 N–H and O–H groups in total. The van der Waals surface area contributed by atoms with Gasteiger partial charge in [-0.2, -0.15) is 0 Å². The van der Waals surface area contributed by atoms with Crippen LogP contribution in [0.5, 0.6) is 0 Å². The van der Waals surface area contributed by atoms with Crippen LogP contribution in [-0.4, -0.2) is 0 Å². The second kappa shape index (κ2) is 3.95. The van der Waals surface area contributed by atoms with Crippen LogP contribution >= 0.6 is 0 Å². The van der Waals surface area contributed by atoms with E-state index in [2.05, 4.69) is 37.6 Å². The van der Waals surface area contributed by atoms with Gasteiger partial charge in [0.2, 0.25) is 0 Å². The van der Waals surface area contributed by atoms with Gasteiger partial charge in [0.15, 0.2) is 0 Å². The Morgan fingerprint density at radius 3 is 2.23 bits per heavy atom. The van der Waals surface area contributed by atoms with Crippen LogP contribution in [0.25, 0.3) is 0 Å². The molecule has 1 radical (unpaired) electrons. The molecule has 0 aromatic heterocycles. The summed E-state index contributed by atoms with van der Waals surface area (Å²) in [5.41, 5.74) is 2.88. The van der Waals surface area contributed by atoms with Crippen molar-refractivity contribution in [1.29, 1.82) is 0 Å². The summed E-state index contributed by atoms with van der Waals surface area (Å²) in [6, 6.07) is 9.05. The zero-order valence-corrected chi connectivity index (χ0v) is 8.29. The monoisotopic (exact) mass is 173 g/mol. The zero-order chi connectivity index (χ0) is 9.10. The van der Waals surface area contributed by atoms with Crippen molar-refractivity contribution in [2.45, 2.75) is 38.5 Å². The van der Waals surface area contributed by atoms with Crippen molar-refractivity contribution in [2.24, 2.45) is 0 Å². The quantitative estimate of drug-likeness (QED) is 0.636. The molecular weight excluding hydrogens is 156 g/mol. The summed E-state index contributed by atoms with van der Waals surface area (Å²) in [6.07, 6.45) is 7.79. The van der Waals surface area contributed by atoms with Gasteiger partial charge in [0.05, 0.1) is 0 Å². The molecule has 0 aliphatic heterocycles. The molecule has 0 unspecified atom stereocenters. The number of benzene rings is 1. The van der Waals surface area contributed by atoms with E-state index in [9.17, 15) is 0 Å². The van der Waals surface area contributed by atoms with Crippen LogP contribution in [0.15, 0.2) is 24.3 Å². The van der Waals surface area contributed by atoms with Gasteiger partial charge in [-0.25, -0.2) is 0 Å². The molecule has 0 spiro atoms. The summed E-state index contributed by atoms with van der Waals surface area (Å²) in [5, 5.41) is 0. The molecule has 1 aromatic rings. The predicted octanol–water partition coefficient (Wildman–Crippen LogP) is 3.92. The van der Waals surface area contributed by atoms with E-state index in [1.165, 1.54) is 31.2 Å². The fraction of sp³-hybridized carbons (Fsp3) is 0.462. The molecule has 13 heavy (non-hydrogen) atoms. The molecule has 1 aliphatic carbocycles. The average Bonchev–Trinajstić information content (AvgIpc) is 2.71. The Labute approximate surface area is 81.0 Å². The van der Waals surface area contributed by atoms with E-state index in [-0.39, 0.29) is 0 Å². The van der Waals surface area contributed by atoms with Crippen molar-refractivity contribution in [1.82, 2.24) is 0 Å². The lowest BCUT2D eigenvalue weighted by Gasteiger charge is -2.09. The Morgan fingerprint density at radius 1 is 1.08 bits per heavy atom. The Morgan fingerprint density at radius 2 is 1.69 bits per heavy atom. The van der Waals surface area contributed by atoms with E-state index in [4.69, 9.17) is 0 Å². The van der Waals surface area contributed by atoms with Crippen LogP contribution in [-0.2, 0) is 0 Å². The van der Waals surface area contributed by atoms with Crippen LogP contribution in [0.3, 0.4) is 0 Å². The maximum absolute atomic E-state index is 2.30. The van der Waals surface area contributed by atoms with Gasteiger partial charge in [-0.1, -0.05) is 44.0 Å². The molecule has 69 valence electrons. The van der Waals surface area contributed by atoms with Gasteiger partial charge >= 0.3 is 0 Å². The molecule has 0 saturated heterocycles. The lowest BCUT2D eigenvalue weighted by molar-refractivity contribution is 0.723. The van der Waals surface area contributed by atoms with Gasteiger partial charge < -0.3 is 0 Å². The minimum absolute atomic E-state index is 0.853. The van der Waals surface area contributed by atoms with E-state index >= 15 is 0 Å². The van der Waals surface area contributed by atoms with Gasteiger partial charge in [0.25, 0.3) is 0 Å². The molecule has 1 aliphatic rings. The van der Waals surface area contributed by atoms with Crippen molar-refractivity contribution in [3.05, 3.63) is 41.8 Å². The zero-order valence-electron chi connectivity index (χ0n) is 8.29. The molecule has 0 nitrogen and oxygen atoms in total. The summed E-state index contributed by atoms with van der Waals surface area (Å²) in [4.78, 5) is 0. The maximum Gasteiger partial charge on any atom is -0.0124 e. The average molecular weight is 173 g/mol. The lowest BCUT2D eigenvalue weighted by atomic mass is 9.96. The molecule has 1 fully saturated rings. The molecule has 0 heteroatoms. The third-order valence-electron chi connectivity index (χ3n) is 3.10. The first kappa shape index (κ1) is 8.80. The number of hydrogen-bond donors (Lipinski definition) is 0. The predicted molar refractivity (Wildman–Crippen MR) is 56.7 cm³/mol. The van der Waals surface area contributed by atoms with E-state index in [1.54, 1.807) is 5.56 Å². The van der Waals surface area contributed by atoms with Gasteiger partial charge in [0.1, 0.15) is 0 Å². The van der Waals surface area contributed by atoms with Crippen LogP contribution < -0.4 is 0 Å². The minimum atomic E-state index is 0.853. The highest BCUT2D eigenvalue weighted by atomic mass is 14.2. The molecule has 1 saturated carbocycles. The summed E-state index contributed by atoms with van der Waals surface area (Å²) < 4.78 is 0. The fourth-order valence-corrected chi connectivity index (χ4v) is 2.22. The van der Waals surface area contributed by atoms with Gasteiger partial charge in [-0.3, -0.25) is 0 Å². The summed E-state index contributed by atoms with van der Waals surface area (Å²) >= 11 is 0. The van der Waals surface area contributed by atoms with Gasteiger partial charge in [0, 0.05) is 0 Å². The first-order valence-electron chi connectivity index (χ1n) is 5.29. The molecule has 1 aromatic carbocycles. The SMILES string of the molecule is C[CH]c1ccc(C2CCCC2)cc1. The van der Waals surface area contributed by atoms with E-state index < -0.39 is 0 Å². The Kier molecular flexibility index (Phi) is 2.68. The van der Waals surface area contributed by atoms with Crippen LogP contribution in [0.4, 0.5) is 0 Å². The minimum Gasteiger partial charge on any atom is -0.0585 e.